The van der Waals surface area contributed by atoms with Crippen LogP contribution < -0.4 is 20.1 Å². The molecular weight excluding hydrogens is 433 g/mol. The summed E-state index contributed by atoms with van der Waals surface area (Å²) < 4.78 is 52.9. The van der Waals surface area contributed by atoms with E-state index < -0.39 is 42.2 Å². The number of hydrogen-bond donors (Lipinski definition) is 2. The molecule has 2 N–H and O–H groups in total. The molecular formula is C21H21F3N2O6. The average molecular weight is 454 g/mol. The lowest BCUT2D eigenvalue weighted by Gasteiger charge is -2.15. The third kappa shape index (κ3) is 6.62. The molecule has 0 radical (unpaired) electrons. The summed E-state index contributed by atoms with van der Waals surface area (Å²) in [6.45, 7) is 0.763. The Bertz CT molecular complexity index is 976. The molecule has 2 aromatic rings. The Morgan fingerprint density at radius 3 is 2.16 bits per heavy atom. The number of carbonyl (C=O) groups excluding carboxylic acids is 3. The second-order valence-electron chi connectivity index (χ2n) is 6.45. The first-order valence-corrected chi connectivity index (χ1v) is 9.23. The van der Waals surface area contributed by atoms with Crippen LogP contribution in [0.1, 0.15) is 22.8 Å². The van der Waals surface area contributed by atoms with Crippen molar-refractivity contribution in [2.45, 2.75) is 19.2 Å². The Morgan fingerprint density at radius 2 is 1.59 bits per heavy atom. The maximum atomic E-state index is 12.6. The molecule has 0 aromatic heterocycles. The van der Waals surface area contributed by atoms with Gasteiger partial charge in [-0.1, -0.05) is 0 Å². The Morgan fingerprint density at radius 1 is 0.969 bits per heavy atom. The summed E-state index contributed by atoms with van der Waals surface area (Å²) in [5, 5.41) is 4.77. The van der Waals surface area contributed by atoms with Crippen LogP contribution >= 0.6 is 0 Å². The number of alkyl halides is 3. The summed E-state index contributed by atoms with van der Waals surface area (Å²) >= 11 is 0. The lowest BCUT2D eigenvalue weighted by atomic mass is 10.1. The van der Waals surface area contributed by atoms with Crippen LogP contribution in [0.2, 0.25) is 0 Å². The van der Waals surface area contributed by atoms with E-state index in [0.29, 0.717) is 17.2 Å². The molecule has 1 unspecified atom stereocenters. The van der Waals surface area contributed by atoms with Crippen molar-refractivity contribution in [2.75, 3.05) is 26.1 Å². The van der Waals surface area contributed by atoms with Crippen LogP contribution in [0.3, 0.4) is 0 Å². The molecule has 0 fully saturated rings. The molecule has 0 heterocycles. The fraction of sp³-hybridized carbons (Fsp3) is 0.286. The minimum atomic E-state index is -4.52. The smallest absolute Gasteiger partial charge is 0.416 e. The maximum absolute atomic E-state index is 12.6. The second kappa shape index (κ2) is 10.5. The van der Waals surface area contributed by atoms with Gasteiger partial charge >= 0.3 is 12.1 Å². The van der Waals surface area contributed by atoms with E-state index in [-0.39, 0.29) is 5.56 Å². The van der Waals surface area contributed by atoms with Gasteiger partial charge in [-0.2, -0.15) is 13.2 Å². The summed E-state index contributed by atoms with van der Waals surface area (Å²) in [5.41, 5.74) is -0.584. The maximum Gasteiger partial charge on any atom is 0.416 e. The van der Waals surface area contributed by atoms with E-state index in [1.54, 1.807) is 12.1 Å². The molecule has 8 nitrogen and oxygen atoms in total. The van der Waals surface area contributed by atoms with Crippen molar-refractivity contribution in [3.05, 3.63) is 53.6 Å². The predicted molar refractivity (Wildman–Crippen MR) is 108 cm³/mol. The molecule has 2 amide bonds. The number of rotatable bonds is 8. The molecule has 0 saturated carbocycles. The molecule has 32 heavy (non-hydrogen) atoms. The molecule has 0 aliphatic carbocycles. The largest absolute Gasteiger partial charge is 0.493 e. The second-order valence-corrected chi connectivity index (χ2v) is 6.45. The van der Waals surface area contributed by atoms with Crippen LogP contribution in [0, 0.1) is 0 Å². The number of methoxy groups -OCH3 is 2. The highest BCUT2D eigenvalue weighted by Gasteiger charge is 2.30. The van der Waals surface area contributed by atoms with Crippen molar-refractivity contribution < 1.29 is 41.8 Å². The summed E-state index contributed by atoms with van der Waals surface area (Å²) in [6, 6.07) is 8.17. The molecule has 0 bridgehead atoms. The SMILES string of the molecule is COc1ccc(NC(=O)C(C)OC(=O)CNC(=O)c2ccc(C(F)(F)F)cc2)cc1OC. The van der Waals surface area contributed by atoms with E-state index in [1.165, 1.54) is 27.2 Å². The Balaban J connectivity index is 1.85. The topological polar surface area (TPSA) is 103 Å². The highest BCUT2D eigenvalue weighted by atomic mass is 19.4. The first-order chi connectivity index (χ1) is 15.0. The number of hydrogen-bond acceptors (Lipinski definition) is 6. The van der Waals surface area contributed by atoms with Crippen LogP contribution in [0.25, 0.3) is 0 Å². The third-order valence-electron chi connectivity index (χ3n) is 4.20. The molecule has 0 saturated heterocycles. The van der Waals surface area contributed by atoms with E-state index >= 15 is 0 Å². The molecule has 0 aliphatic rings. The fourth-order valence-electron chi connectivity index (χ4n) is 2.52. The average Bonchev–Trinajstić information content (AvgIpc) is 2.76. The Labute approximate surface area is 181 Å². The van der Waals surface area contributed by atoms with Gasteiger partial charge in [-0.3, -0.25) is 14.4 Å². The van der Waals surface area contributed by atoms with Crippen molar-refractivity contribution in [1.82, 2.24) is 5.32 Å². The lowest BCUT2D eigenvalue weighted by molar-refractivity contribution is -0.152. The number of anilines is 1. The van der Waals surface area contributed by atoms with Crippen LogP contribution in [0.5, 0.6) is 11.5 Å². The van der Waals surface area contributed by atoms with E-state index in [4.69, 9.17) is 14.2 Å². The first kappa shape index (κ1) is 24.5. The normalized spacial score (nSPS) is 11.8. The minimum Gasteiger partial charge on any atom is -0.493 e. The van der Waals surface area contributed by atoms with E-state index in [0.717, 1.165) is 24.3 Å². The van der Waals surface area contributed by atoms with Gasteiger partial charge in [0.25, 0.3) is 11.8 Å². The van der Waals surface area contributed by atoms with Crippen molar-refractivity contribution >= 4 is 23.5 Å². The van der Waals surface area contributed by atoms with E-state index in [1.807, 2.05) is 0 Å². The van der Waals surface area contributed by atoms with Gasteiger partial charge in [0.15, 0.2) is 17.6 Å². The molecule has 2 aromatic carbocycles. The van der Waals surface area contributed by atoms with Gasteiger partial charge in [-0.25, -0.2) is 0 Å². The van der Waals surface area contributed by atoms with Gasteiger partial charge in [0.1, 0.15) is 6.54 Å². The predicted octanol–water partition coefficient (Wildman–Crippen LogP) is 3.02. The van der Waals surface area contributed by atoms with Crippen LogP contribution in [-0.4, -0.2) is 44.7 Å². The summed E-state index contributed by atoms with van der Waals surface area (Å²) in [7, 11) is 2.90. The molecule has 0 spiro atoms. The zero-order valence-corrected chi connectivity index (χ0v) is 17.4. The van der Waals surface area contributed by atoms with Crippen molar-refractivity contribution in [3.63, 3.8) is 0 Å². The number of halogens is 3. The van der Waals surface area contributed by atoms with Crippen LogP contribution in [0.15, 0.2) is 42.5 Å². The third-order valence-corrected chi connectivity index (χ3v) is 4.20. The summed E-state index contributed by atoms with van der Waals surface area (Å²) in [6.07, 6.45) is -5.70. The summed E-state index contributed by atoms with van der Waals surface area (Å²) in [4.78, 5) is 36.1. The number of esters is 1. The van der Waals surface area contributed by atoms with Crippen molar-refractivity contribution in [1.29, 1.82) is 0 Å². The van der Waals surface area contributed by atoms with Crippen LogP contribution in [-0.2, 0) is 20.5 Å². The number of amides is 2. The number of ether oxygens (including phenoxy) is 3. The van der Waals surface area contributed by atoms with Gasteiger partial charge < -0.3 is 24.8 Å². The van der Waals surface area contributed by atoms with Gasteiger partial charge in [0.2, 0.25) is 0 Å². The van der Waals surface area contributed by atoms with Gasteiger partial charge in [-0.05, 0) is 43.3 Å². The van der Waals surface area contributed by atoms with Gasteiger partial charge in [0.05, 0.1) is 19.8 Å². The van der Waals surface area contributed by atoms with Crippen LogP contribution in [0.4, 0.5) is 18.9 Å². The standard InChI is InChI=1S/C21H21F3N2O6/c1-12(19(28)26-15-8-9-16(30-2)17(10-15)31-3)32-18(27)11-25-20(29)13-4-6-14(7-5-13)21(22,23)24/h4-10,12H,11H2,1-3H3,(H,25,29)(H,26,28). The van der Waals surface area contributed by atoms with Crippen molar-refractivity contribution in [2.24, 2.45) is 0 Å². The highest BCUT2D eigenvalue weighted by Crippen LogP contribution is 2.30. The van der Waals surface area contributed by atoms with E-state index in [2.05, 4.69) is 10.6 Å². The van der Waals surface area contributed by atoms with Crippen molar-refractivity contribution in [3.8, 4) is 11.5 Å². The minimum absolute atomic E-state index is 0.0648. The number of benzene rings is 2. The monoisotopic (exact) mass is 454 g/mol. The molecule has 0 aliphatic heterocycles. The quantitative estimate of drug-likeness (QED) is 0.595. The molecule has 172 valence electrons. The van der Waals surface area contributed by atoms with Gasteiger partial charge in [-0.15, -0.1) is 0 Å². The molecule has 2 rings (SSSR count). The fourth-order valence-corrected chi connectivity index (χ4v) is 2.52. The lowest BCUT2D eigenvalue weighted by Crippen LogP contribution is -2.35. The highest BCUT2D eigenvalue weighted by molar-refractivity contribution is 5.97. The zero-order valence-electron chi connectivity index (χ0n) is 17.4. The summed E-state index contributed by atoms with van der Waals surface area (Å²) in [5.74, 6) is -1.44. The van der Waals surface area contributed by atoms with Gasteiger partial charge in [0, 0.05) is 17.3 Å². The van der Waals surface area contributed by atoms with E-state index in [9.17, 15) is 27.6 Å². The first-order valence-electron chi connectivity index (χ1n) is 9.23. The number of nitrogens with one attached hydrogen (secondary N) is 2. The number of carbonyl (C=O) groups is 3. The molecule has 1 atom stereocenters. The Kier molecular flexibility index (Phi) is 8.05. The Hall–Kier alpha value is -3.76. The zero-order chi connectivity index (χ0) is 23.9. The molecule has 11 heteroatoms.